The van der Waals surface area contributed by atoms with E-state index in [1.165, 1.54) is 24.3 Å². The van der Waals surface area contributed by atoms with Crippen LogP contribution in [0.15, 0.2) is 65.7 Å². The van der Waals surface area contributed by atoms with E-state index < -0.39 is 29.1 Å². The Labute approximate surface area is 260 Å². The van der Waals surface area contributed by atoms with Crippen molar-refractivity contribution in [3.8, 4) is 6.07 Å². The number of hydrogen-bond donors (Lipinski definition) is 4. The van der Waals surface area contributed by atoms with Gasteiger partial charge >= 0.3 is 0 Å². The molecule has 0 aromatic heterocycles. The van der Waals surface area contributed by atoms with Gasteiger partial charge in [-0.1, -0.05) is 12.1 Å². The van der Waals surface area contributed by atoms with Gasteiger partial charge in [0.25, 0.3) is 0 Å². The van der Waals surface area contributed by atoms with Crippen LogP contribution in [0.25, 0.3) is 0 Å². The fourth-order valence-electron chi connectivity index (χ4n) is 7.07. The number of amidine groups is 1. The molecule has 45 heavy (non-hydrogen) atoms. The number of amides is 3. The molecule has 230 valence electrons. The maximum Gasteiger partial charge on any atom is 0.248 e. The second-order valence-corrected chi connectivity index (χ2v) is 12.0. The lowest BCUT2D eigenvalue weighted by atomic mass is 9.68. The normalized spacial score (nSPS) is 21.1. The SMILES string of the molecule is N#C[C@@H]1C[C@@H]2C[C@@H]2N1C(=O)CNCCC1(C(N)=Nc2ccc(F)cc2)c2ccc(C(N)=O)cc2CCc2cc(C(N)=O)ccc21. The highest BCUT2D eigenvalue weighted by molar-refractivity contribution is 6.00. The zero-order valence-electron chi connectivity index (χ0n) is 24.6. The van der Waals surface area contributed by atoms with Crippen LogP contribution < -0.4 is 22.5 Å². The third-order valence-electron chi connectivity index (χ3n) is 9.37. The number of aliphatic imine (C=N–C) groups is 1. The summed E-state index contributed by atoms with van der Waals surface area (Å²) in [5, 5.41) is 12.8. The number of fused-ring (bicyclic) bond motifs is 3. The number of carbonyl (C=O) groups excluding carboxylic acids is 3. The van der Waals surface area contributed by atoms with Crippen molar-refractivity contribution in [2.75, 3.05) is 13.1 Å². The van der Waals surface area contributed by atoms with E-state index in [0.29, 0.717) is 48.5 Å². The summed E-state index contributed by atoms with van der Waals surface area (Å²) in [6, 6.07) is 18.2. The lowest BCUT2D eigenvalue weighted by Gasteiger charge is -2.36. The van der Waals surface area contributed by atoms with Crippen LogP contribution in [0.4, 0.5) is 10.1 Å². The number of likely N-dealkylation sites (tertiary alicyclic amines) is 1. The molecule has 0 unspecified atom stereocenters. The molecule has 2 aliphatic carbocycles. The molecule has 0 radical (unpaired) electrons. The van der Waals surface area contributed by atoms with Crippen LogP contribution in [0.5, 0.6) is 0 Å². The molecule has 7 N–H and O–H groups in total. The van der Waals surface area contributed by atoms with Gasteiger partial charge in [0, 0.05) is 17.2 Å². The van der Waals surface area contributed by atoms with Crippen molar-refractivity contribution in [2.24, 2.45) is 28.1 Å². The summed E-state index contributed by atoms with van der Waals surface area (Å²) in [6.45, 7) is 0.381. The maximum absolute atomic E-state index is 13.8. The van der Waals surface area contributed by atoms with Crippen molar-refractivity contribution < 1.29 is 18.8 Å². The molecular weight excluding hydrogens is 573 g/mol. The number of nitriles is 1. The molecule has 6 rings (SSSR count). The predicted octanol–water partition coefficient (Wildman–Crippen LogP) is 2.59. The van der Waals surface area contributed by atoms with E-state index in [0.717, 1.165) is 35.1 Å². The van der Waals surface area contributed by atoms with Crippen LogP contribution in [0.1, 0.15) is 62.2 Å². The molecule has 3 aromatic carbocycles. The summed E-state index contributed by atoms with van der Waals surface area (Å²) in [6.07, 6.45) is 3.06. The van der Waals surface area contributed by atoms with Gasteiger partial charge in [-0.15, -0.1) is 0 Å². The Bertz CT molecular complexity index is 1700. The Balaban J connectivity index is 1.42. The highest BCUT2D eigenvalue weighted by Crippen LogP contribution is 2.47. The first kappa shape index (κ1) is 30.0. The van der Waals surface area contributed by atoms with E-state index in [9.17, 15) is 24.0 Å². The van der Waals surface area contributed by atoms with E-state index in [1.807, 2.05) is 12.1 Å². The summed E-state index contributed by atoms with van der Waals surface area (Å²) in [7, 11) is 0. The molecule has 1 heterocycles. The number of carbonyl (C=O) groups is 3. The first-order chi connectivity index (χ1) is 21.6. The first-order valence-electron chi connectivity index (χ1n) is 15.0. The Morgan fingerprint density at radius 2 is 1.53 bits per heavy atom. The summed E-state index contributed by atoms with van der Waals surface area (Å²) in [5.74, 6) is -1.02. The fourth-order valence-corrected chi connectivity index (χ4v) is 7.07. The number of nitrogens with one attached hydrogen (secondary N) is 1. The lowest BCUT2D eigenvalue weighted by molar-refractivity contribution is -0.131. The standard InChI is InChI=1S/C34H34FN7O3/c35-24-5-7-25(8-6-24)41-33(39)34(11-12-40-18-30(43)42-26(17-36)15-23-16-29(23)42)27-9-3-21(31(37)44)13-19(27)1-2-20-14-22(32(38)45)4-10-28(20)34/h3-10,13-14,23,26,29,40H,1-2,11-12,15-16,18H2,(H2,37,44)(H2,38,45)(H2,39,41)/t23-,26+,29+/m1/s1. The monoisotopic (exact) mass is 607 g/mol. The third kappa shape index (κ3) is 5.53. The van der Waals surface area contributed by atoms with Crippen molar-refractivity contribution in [3.05, 3.63) is 99.9 Å². The maximum atomic E-state index is 13.8. The predicted molar refractivity (Wildman–Crippen MR) is 166 cm³/mol. The van der Waals surface area contributed by atoms with Crippen molar-refractivity contribution >= 4 is 29.2 Å². The average molecular weight is 608 g/mol. The van der Waals surface area contributed by atoms with Gasteiger partial charge in [0.2, 0.25) is 17.7 Å². The van der Waals surface area contributed by atoms with E-state index >= 15 is 0 Å². The molecule has 10 nitrogen and oxygen atoms in total. The van der Waals surface area contributed by atoms with Crippen LogP contribution in [-0.4, -0.2) is 53.6 Å². The number of benzene rings is 3. The van der Waals surface area contributed by atoms with Crippen LogP contribution in [0.3, 0.4) is 0 Å². The van der Waals surface area contributed by atoms with E-state index in [1.54, 1.807) is 29.2 Å². The van der Waals surface area contributed by atoms with Gasteiger partial charge in [-0.3, -0.25) is 14.4 Å². The minimum atomic E-state index is -1.08. The third-order valence-corrected chi connectivity index (χ3v) is 9.37. The fraction of sp³-hybridized carbons (Fsp3) is 0.324. The number of nitrogens with zero attached hydrogens (tertiary/aromatic N) is 3. The molecule has 0 spiro atoms. The molecular formula is C34H34FN7O3. The van der Waals surface area contributed by atoms with Crippen molar-refractivity contribution in [1.82, 2.24) is 10.2 Å². The second-order valence-electron chi connectivity index (χ2n) is 12.0. The zero-order chi connectivity index (χ0) is 31.9. The van der Waals surface area contributed by atoms with Crippen LogP contribution >= 0.6 is 0 Å². The van der Waals surface area contributed by atoms with Gasteiger partial charge in [0.15, 0.2) is 0 Å². The van der Waals surface area contributed by atoms with Gasteiger partial charge in [-0.25, -0.2) is 9.38 Å². The molecule has 1 saturated heterocycles. The molecule has 3 aliphatic rings. The molecule has 11 heteroatoms. The largest absolute Gasteiger partial charge is 0.386 e. The number of hydrogen-bond acceptors (Lipinski definition) is 6. The summed E-state index contributed by atoms with van der Waals surface area (Å²) >= 11 is 0. The Hall–Kier alpha value is -5.08. The van der Waals surface area contributed by atoms with Crippen molar-refractivity contribution in [2.45, 2.75) is 49.6 Å². The second kappa shape index (κ2) is 11.8. The number of nitrogens with two attached hydrogens (primary N) is 3. The van der Waals surface area contributed by atoms with E-state index in [-0.39, 0.29) is 24.3 Å². The highest BCUT2D eigenvalue weighted by Gasteiger charge is 2.54. The molecule has 3 aromatic rings. The zero-order valence-corrected chi connectivity index (χ0v) is 24.6. The number of rotatable bonds is 9. The van der Waals surface area contributed by atoms with Crippen molar-refractivity contribution in [1.29, 1.82) is 5.26 Å². The van der Waals surface area contributed by atoms with Gasteiger partial charge in [0.05, 0.1) is 23.7 Å². The van der Waals surface area contributed by atoms with Gasteiger partial charge in [-0.05, 0) is 115 Å². The van der Waals surface area contributed by atoms with Crippen molar-refractivity contribution in [3.63, 3.8) is 0 Å². The molecule has 1 saturated carbocycles. The van der Waals surface area contributed by atoms with Crippen LogP contribution in [0.2, 0.25) is 0 Å². The number of primary amides is 2. The minimum Gasteiger partial charge on any atom is -0.386 e. The van der Waals surface area contributed by atoms with Gasteiger partial charge in [-0.2, -0.15) is 5.26 Å². The highest BCUT2D eigenvalue weighted by atomic mass is 19.1. The molecule has 0 bridgehead atoms. The number of piperidine rings is 1. The van der Waals surface area contributed by atoms with Crippen LogP contribution in [-0.2, 0) is 23.1 Å². The topological polar surface area (TPSA) is 181 Å². The Morgan fingerprint density at radius 3 is 2.09 bits per heavy atom. The van der Waals surface area contributed by atoms with Crippen LogP contribution in [0, 0.1) is 23.1 Å². The van der Waals surface area contributed by atoms with Gasteiger partial charge in [0.1, 0.15) is 17.7 Å². The number of aryl methyl sites for hydroxylation is 2. The first-order valence-corrected chi connectivity index (χ1v) is 15.0. The summed E-state index contributed by atoms with van der Waals surface area (Å²) < 4.78 is 13.8. The minimum absolute atomic E-state index is 0.0490. The Morgan fingerprint density at radius 1 is 0.933 bits per heavy atom. The Kier molecular flexibility index (Phi) is 7.85. The summed E-state index contributed by atoms with van der Waals surface area (Å²) in [4.78, 5) is 44.0. The molecule has 2 fully saturated rings. The van der Waals surface area contributed by atoms with E-state index in [4.69, 9.17) is 22.2 Å². The van der Waals surface area contributed by atoms with Gasteiger partial charge < -0.3 is 27.4 Å². The average Bonchev–Trinajstić information content (AvgIpc) is 3.72. The molecule has 1 aliphatic heterocycles. The lowest BCUT2D eigenvalue weighted by Crippen LogP contribution is -2.47. The summed E-state index contributed by atoms with van der Waals surface area (Å²) in [5.41, 5.74) is 21.6. The number of halogens is 1. The molecule has 3 amide bonds. The smallest absolute Gasteiger partial charge is 0.248 e. The quantitative estimate of drug-likeness (QED) is 0.165. The van der Waals surface area contributed by atoms with E-state index in [2.05, 4.69) is 11.4 Å². The molecule has 3 atom stereocenters.